The van der Waals surface area contributed by atoms with E-state index in [9.17, 15) is 0 Å². The molecule has 0 amide bonds. The fourth-order valence-electron chi connectivity index (χ4n) is 2.02. The van der Waals surface area contributed by atoms with Gasteiger partial charge in [-0.3, -0.25) is 0 Å². The summed E-state index contributed by atoms with van der Waals surface area (Å²) >= 11 is 0. The van der Waals surface area contributed by atoms with Gasteiger partial charge < -0.3 is 5.32 Å². The van der Waals surface area contributed by atoms with Crippen LogP contribution in [0.3, 0.4) is 0 Å². The molecule has 0 aromatic heterocycles. The summed E-state index contributed by atoms with van der Waals surface area (Å²) in [5.74, 6) is 0. The zero-order valence-corrected chi connectivity index (χ0v) is 11.1. The molecule has 0 saturated carbocycles. The van der Waals surface area contributed by atoms with Crippen LogP contribution in [-0.4, -0.2) is 0 Å². The van der Waals surface area contributed by atoms with Crippen molar-refractivity contribution in [2.24, 2.45) is 0 Å². The summed E-state index contributed by atoms with van der Waals surface area (Å²) in [5.41, 5.74) is 4.77. The third kappa shape index (κ3) is 3.59. The number of hydrogen-bond donors (Lipinski definition) is 1. The molecule has 0 heterocycles. The van der Waals surface area contributed by atoms with E-state index in [2.05, 4.69) is 60.9 Å². The highest BCUT2D eigenvalue weighted by Crippen LogP contribution is 2.21. The standard InChI is InChI=1S/C18H19N/c1-3-7-15-11-13-17(14-12-15)19-18-10-6-5-9-16(18)8-4-2/h3-6,9-14,19H,1-2,7-8H2. The van der Waals surface area contributed by atoms with Crippen LogP contribution in [0.25, 0.3) is 0 Å². The van der Waals surface area contributed by atoms with Gasteiger partial charge in [0.05, 0.1) is 0 Å². The van der Waals surface area contributed by atoms with Gasteiger partial charge in [-0.2, -0.15) is 0 Å². The normalized spacial score (nSPS) is 9.89. The van der Waals surface area contributed by atoms with Crippen molar-refractivity contribution >= 4 is 11.4 Å². The van der Waals surface area contributed by atoms with Gasteiger partial charge in [0.1, 0.15) is 0 Å². The molecule has 1 nitrogen and oxygen atoms in total. The van der Waals surface area contributed by atoms with Crippen LogP contribution in [0.15, 0.2) is 73.8 Å². The summed E-state index contributed by atoms with van der Waals surface area (Å²) in [7, 11) is 0. The first-order valence-electron chi connectivity index (χ1n) is 6.49. The summed E-state index contributed by atoms with van der Waals surface area (Å²) in [6.07, 6.45) is 5.63. The van der Waals surface area contributed by atoms with Crippen LogP contribution in [-0.2, 0) is 12.8 Å². The lowest BCUT2D eigenvalue weighted by Gasteiger charge is -2.11. The van der Waals surface area contributed by atoms with Crippen LogP contribution in [0.1, 0.15) is 11.1 Å². The molecule has 0 fully saturated rings. The van der Waals surface area contributed by atoms with Crippen LogP contribution in [0.5, 0.6) is 0 Å². The number of rotatable bonds is 6. The second-order valence-electron chi connectivity index (χ2n) is 4.46. The van der Waals surface area contributed by atoms with Crippen LogP contribution < -0.4 is 5.32 Å². The lowest BCUT2D eigenvalue weighted by molar-refractivity contribution is 1.26. The average Bonchev–Trinajstić information content (AvgIpc) is 2.44. The van der Waals surface area contributed by atoms with Crippen molar-refractivity contribution in [3.8, 4) is 0 Å². The van der Waals surface area contributed by atoms with E-state index in [-0.39, 0.29) is 0 Å². The molecular formula is C18H19N. The minimum absolute atomic E-state index is 0.873. The highest BCUT2D eigenvalue weighted by atomic mass is 14.9. The predicted molar refractivity (Wildman–Crippen MR) is 84.0 cm³/mol. The smallest absolute Gasteiger partial charge is 0.0419 e. The Bertz CT molecular complexity index is 552. The molecule has 0 atom stereocenters. The Morgan fingerprint density at radius 3 is 2.21 bits per heavy atom. The van der Waals surface area contributed by atoms with Gasteiger partial charge in [-0.05, 0) is 42.2 Å². The fraction of sp³-hybridized carbons (Fsp3) is 0.111. The summed E-state index contributed by atoms with van der Waals surface area (Å²) in [6, 6.07) is 16.8. The summed E-state index contributed by atoms with van der Waals surface area (Å²) in [4.78, 5) is 0. The molecule has 2 aromatic carbocycles. The maximum Gasteiger partial charge on any atom is 0.0419 e. The quantitative estimate of drug-likeness (QED) is 0.719. The molecule has 0 aliphatic rings. The summed E-state index contributed by atoms with van der Waals surface area (Å²) in [5, 5.41) is 3.45. The Balaban J connectivity index is 2.16. The van der Waals surface area contributed by atoms with Gasteiger partial charge in [0.15, 0.2) is 0 Å². The largest absolute Gasteiger partial charge is 0.355 e. The number of para-hydroxylation sites is 1. The van der Waals surface area contributed by atoms with Crippen molar-refractivity contribution in [2.75, 3.05) is 5.32 Å². The molecule has 0 saturated heterocycles. The molecule has 2 aromatic rings. The number of hydrogen-bond acceptors (Lipinski definition) is 1. The van der Waals surface area contributed by atoms with E-state index in [4.69, 9.17) is 0 Å². The Morgan fingerprint density at radius 2 is 1.53 bits per heavy atom. The van der Waals surface area contributed by atoms with E-state index in [1.165, 1.54) is 11.1 Å². The predicted octanol–water partition coefficient (Wildman–Crippen LogP) is 4.89. The van der Waals surface area contributed by atoms with E-state index in [1.807, 2.05) is 18.2 Å². The van der Waals surface area contributed by atoms with Crippen LogP contribution in [0, 0.1) is 0 Å². The zero-order chi connectivity index (χ0) is 13.5. The molecule has 0 aliphatic heterocycles. The second kappa shape index (κ2) is 6.60. The number of benzene rings is 2. The first-order chi connectivity index (χ1) is 9.33. The number of allylic oxidation sites excluding steroid dienone is 2. The van der Waals surface area contributed by atoms with Crippen molar-refractivity contribution in [2.45, 2.75) is 12.8 Å². The number of anilines is 2. The maximum atomic E-state index is 3.80. The summed E-state index contributed by atoms with van der Waals surface area (Å²) < 4.78 is 0. The Morgan fingerprint density at radius 1 is 0.842 bits per heavy atom. The molecule has 0 bridgehead atoms. The van der Waals surface area contributed by atoms with Crippen LogP contribution >= 0.6 is 0 Å². The van der Waals surface area contributed by atoms with Gasteiger partial charge in [0, 0.05) is 11.4 Å². The Labute approximate surface area is 115 Å². The Hall–Kier alpha value is -2.28. The molecule has 0 unspecified atom stereocenters. The monoisotopic (exact) mass is 249 g/mol. The molecule has 1 N–H and O–H groups in total. The summed E-state index contributed by atoms with van der Waals surface area (Å²) in [6.45, 7) is 7.55. The maximum absolute atomic E-state index is 3.80. The molecule has 19 heavy (non-hydrogen) atoms. The highest BCUT2D eigenvalue weighted by Gasteiger charge is 2.00. The van der Waals surface area contributed by atoms with Crippen molar-refractivity contribution in [3.05, 3.63) is 85.0 Å². The second-order valence-corrected chi connectivity index (χ2v) is 4.46. The van der Waals surface area contributed by atoms with Gasteiger partial charge >= 0.3 is 0 Å². The first-order valence-corrected chi connectivity index (χ1v) is 6.49. The fourth-order valence-corrected chi connectivity index (χ4v) is 2.02. The Kier molecular flexibility index (Phi) is 4.57. The lowest BCUT2D eigenvalue weighted by atomic mass is 10.1. The molecule has 96 valence electrons. The van der Waals surface area contributed by atoms with Crippen LogP contribution in [0.4, 0.5) is 11.4 Å². The minimum Gasteiger partial charge on any atom is -0.355 e. The van der Waals surface area contributed by atoms with Crippen molar-refractivity contribution in [1.29, 1.82) is 0 Å². The molecular weight excluding hydrogens is 230 g/mol. The van der Waals surface area contributed by atoms with Gasteiger partial charge in [0.2, 0.25) is 0 Å². The van der Waals surface area contributed by atoms with Gasteiger partial charge in [-0.15, -0.1) is 13.2 Å². The van der Waals surface area contributed by atoms with Gasteiger partial charge in [-0.25, -0.2) is 0 Å². The third-order valence-electron chi connectivity index (χ3n) is 2.99. The van der Waals surface area contributed by atoms with E-state index < -0.39 is 0 Å². The highest BCUT2D eigenvalue weighted by molar-refractivity contribution is 5.63. The minimum atomic E-state index is 0.873. The van der Waals surface area contributed by atoms with Crippen molar-refractivity contribution in [3.63, 3.8) is 0 Å². The molecule has 0 radical (unpaired) electrons. The molecule has 2 rings (SSSR count). The first kappa shape index (κ1) is 13.2. The van der Waals surface area contributed by atoms with E-state index in [0.717, 1.165) is 24.2 Å². The zero-order valence-electron chi connectivity index (χ0n) is 11.1. The molecule has 1 heteroatoms. The van der Waals surface area contributed by atoms with E-state index in [1.54, 1.807) is 0 Å². The lowest BCUT2D eigenvalue weighted by Crippen LogP contribution is -1.95. The molecule has 0 spiro atoms. The molecule has 0 aliphatic carbocycles. The third-order valence-corrected chi connectivity index (χ3v) is 2.99. The number of nitrogens with one attached hydrogen (secondary N) is 1. The van der Waals surface area contributed by atoms with Gasteiger partial charge in [0.25, 0.3) is 0 Å². The van der Waals surface area contributed by atoms with E-state index in [0.29, 0.717) is 0 Å². The van der Waals surface area contributed by atoms with Gasteiger partial charge in [-0.1, -0.05) is 42.5 Å². The van der Waals surface area contributed by atoms with E-state index >= 15 is 0 Å². The van der Waals surface area contributed by atoms with Crippen LogP contribution in [0.2, 0.25) is 0 Å². The SMILES string of the molecule is C=CCc1ccc(Nc2ccccc2CC=C)cc1. The average molecular weight is 249 g/mol. The topological polar surface area (TPSA) is 12.0 Å². The van der Waals surface area contributed by atoms with Crippen molar-refractivity contribution < 1.29 is 0 Å². The van der Waals surface area contributed by atoms with Crippen molar-refractivity contribution in [1.82, 2.24) is 0 Å².